The molecule has 1 rings (SSSR count). The molecule has 0 saturated heterocycles. The molecule has 0 aromatic carbocycles. The average Bonchev–Trinajstić information content (AvgIpc) is 2.75. The molecule has 1 aromatic rings. The van der Waals surface area contributed by atoms with Crippen LogP contribution in [0.1, 0.15) is 45.4 Å². The van der Waals surface area contributed by atoms with E-state index in [0.717, 1.165) is 6.54 Å². The lowest BCUT2D eigenvalue weighted by Crippen LogP contribution is -2.30. The van der Waals surface area contributed by atoms with Crippen molar-refractivity contribution in [3.05, 3.63) is 34.0 Å². The Labute approximate surface area is 101 Å². The van der Waals surface area contributed by atoms with Crippen LogP contribution >= 0.6 is 0 Å². The predicted molar refractivity (Wildman–Crippen MR) is 64.7 cm³/mol. The Morgan fingerprint density at radius 1 is 1.18 bits per heavy atom. The summed E-state index contributed by atoms with van der Waals surface area (Å²) in [5, 5.41) is 14.8. The fraction of sp³-hybridized carbons (Fsp3) is 0.727. The van der Waals surface area contributed by atoms with Crippen molar-refractivity contribution in [2.75, 3.05) is 0 Å². The molecule has 6 nitrogen and oxygen atoms in total. The standard InChI is InChI=1S/C11H20N2.NO3/c1-2-3-4-5-6-7-9-13-10-8-12-11-13;2-1(3)4/h8,10-11H,2-7,9H2,1H3;/q;-1/p+1. The Hall–Kier alpha value is -1.59. The molecule has 0 bridgehead atoms. The smallest absolute Gasteiger partial charge is 0.241 e. The summed E-state index contributed by atoms with van der Waals surface area (Å²) in [6.45, 7) is 3.42. The van der Waals surface area contributed by atoms with Gasteiger partial charge in [-0.25, -0.2) is 4.57 Å². The molecule has 6 heteroatoms. The highest BCUT2D eigenvalue weighted by molar-refractivity contribution is 4.55. The summed E-state index contributed by atoms with van der Waals surface area (Å²) in [4.78, 5) is 11.3. The monoisotopic (exact) mass is 243 g/mol. The normalized spacial score (nSPS) is 9.47. The van der Waals surface area contributed by atoms with Crippen molar-refractivity contribution in [3.63, 3.8) is 0 Å². The first-order chi connectivity index (χ1) is 8.16. The van der Waals surface area contributed by atoms with E-state index in [2.05, 4.69) is 22.7 Å². The van der Waals surface area contributed by atoms with Gasteiger partial charge in [-0.2, -0.15) is 0 Å². The van der Waals surface area contributed by atoms with Crippen LogP contribution in [0.5, 0.6) is 0 Å². The van der Waals surface area contributed by atoms with Gasteiger partial charge in [0.1, 0.15) is 12.4 Å². The SMILES string of the molecule is CCCCCCCC[n+]1cc[nH]c1.O=[N+]([O-])[O-]. The Bertz CT molecular complexity index is 271. The van der Waals surface area contributed by atoms with E-state index in [1.165, 1.54) is 38.5 Å². The molecule has 0 fully saturated rings. The minimum Gasteiger partial charge on any atom is -0.356 e. The van der Waals surface area contributed by atoms with Gasteiger partial charge in [0.15, 0.2) is 0 Å². The molecule has 0 spiro atoms. The van der Waals surface area contributed by atoms with Crippen molar-refractivity contribution in [2.24, 2.45) is 0 Å². The minimum absolute atomic E-state index is 1.16. The second-order valence-corrected chi connectivity index (χ2v) is 3.84. The first-order valence-electron chi connectivity index (χ1n) is 6.00. The highest BCUT2D eigenvalue weighted by atomic mass is 16.9. The molecular formula is C11H21N3O3. The molecule has 0 aliphatic carbocycles. The second-order valence-electron chi connectivity index (χ2n) is 3.84. The molecule has 0 amide bonds. The van der Waals surface area contributed by atoms with Crippen molar-refractivity contribution in [1.29, 1.82) is 0 Å². The second kappa shape index (κ2) is 10.9. The van der Waals surface area contributed by atoms with E-state index in [1.54, 1.807) is 0 Å². The summed E-state index contributed by atoms with van der Waals surface area (Å²) < 4.78 is 2.21. The van der Waals surface area contributed by atoms with E-state index in [1.807, 2.05) is 12.5 Å². The number of aryl methyl sites for hydroxylation is 1. The largest absolute Gasteiger partial charge is 0.356 e. The third kappa shape index (κ3) is 12.3. The van der Waals surface area contributed by atoms with Crippen LogP contribution in [0.2, 0.25) is 0 Å². The van der Waals surface area contributed by atoms with Gasteiger partial charge >= 0.3 is 0 Å². The summed E-state index contributed by atoms with van der Waals surface area (Å²) in [6.07, 6.45) is 14.3. The summed E-state index contributed by atoms with van der Waals surface area (Å²) in [6, 6.07) is 0. The Balaban J connectivity index is 0.000000557. The number of imidazole rings is 1. The zero-order chi connectivity index (χ0) is 12.9. The van der Waals surface area contributed by atoms with E-state index >= 15 is 0 Å². The molecule has 0 atom stereocenters. The Morgan fingerprint density at radius 3 is 2.29 bits per heavy atom. The van der Waals surface area contributed by atoms with Gasteiger partial charge in [-0.15, -0.1) is 0 Å². The lowest BCUT2D eigenvalue weighted by atomic mass is 10.1. The molecule has 0 aliphatic rings. The van der Waals surface area contributed by atoms with Crippen LogP contribution in [0.3, 0.4) is 0 Å². The Kier molecular flexibility index (Phi) is 9.89. The molecule has 1 N–H and O–H groups in total. The number of H-pyrrole nitrogens is 1. The van der Waals surface area contributed by atoms with Crippen molar-refractivity contribution in [3.8, 4) is 0 Å². The lowest BCUT2D eigenvalue weighted by Gasteiger charge is -1.98. The maximum absolute atomic E-state index is 8.25. The zero-order valence-electron chi connectivity index (χ0n) is 10.3. The van der Waals surface area contributed by atoms with Gasteiger partial charge in [-0.1, -0.05) is 32.6 Å². The number of aromatic nitrogens is 2. The number of unbranched alkanes of at least 4 members (excludes halogenated alkanes) is 5. The number of aromatic amines is 1. The fourth-order valence-corrected chi connectivity index (χ4v) is 1.53. The van der Waals surface area contributed by atoms with Crippen molar-refractivity contribution in [2.45, 2.75) is 52.0 Å². The van der Waals surface area contributed by atoms with Crippen LogP contribution in [-0.2, 0) is 6.54 Å². The van der Waals surface area contributed by atoms with Crippen LogP contribution in [0.25, 0.3) is 0 Å². The Morgan fingerprint density at radius 2 is 1.76 bits per heavy atom. The number of nitrogens with zero attached hydrogens (tertiary/aromatic N) is 2. The number of hydrogen-bond acceptors (Lipinski definition) is 3. The van der Waals surface area contributed by atoms with Crippen LogP contribution in [0.4, 0.5) is 0 Å². The maximum Gasteiger partial charge on any atom is 0.241 e. The van der Waals surface area contributed by atoms with Gasteiger partial charge in [0.25, 0.3) is 0 Å². The van der Waals surface area contributed by atoms with E-state index in [0.29, 0.717) is 0 Å². The van der Waals surface area contributed by atoms with E-state index in [9.17, 15) is 0 Å². The highest BCUT2D eigenvalue weighted by Gasteiger charge is 1.95. The molecule has 98 valence electrons. The molecular weight excluding hydrogens is 222 g/mol. The quantitative estimate of drug-likeness (QED) is 0.345. The topological polar surface area (TPSA) is 85.9 Å². The van der Waals surface area contributed by atoms with Crippen LogP contribution in [0, 0.1) is 15.3 Å². The molecule has 1 aromatic heterocycles. The van der Waals surface area contributed by atoms with Crippen molar-refractivity contribution < 1.29 is 9.65 Å². The van der Waals surface area contributed by atoms with E-state index in [-0.39, 0.29) is 0 Å². The minimum atomic E-state index is -1.75. The number of nitrogens with one attached hydrogen (secondary N) is 1. The number of rotatable bonds is 7. The summed E-state index contributed by atoms with van der Waals surface area (Å²) in [5.74, 6) is 0. The van der Waals surface area contributed by atoms with Gasteiger partial charge in [0.05, 0.1) is 11.6 Å². The lowest BCUT2D eigenvalue weighted by molar-refractivity contribution is -0.696. The third-order valence-electron chi connectivity index (χ3n) is 2.37. The maximum atomic E-state index is 8.25. The molecule has 1 heterocycles. The first-order valence-corrected chi connectivity index (χ1v) is 6.00. The van der Waals surface area contributed by atoms with Crippen molar-refractivity contribution >= 4 is 0 Å². The van der Waals surface area contributed by atoms with Crippen LogP contribution in [-0.4, -0.2) is 10.1 Å². The van der Waals surface area contributed by atoms with Gasteiger partial charge in [0.2, 0.25) is 6.33 Å². The average molecular weight is 243 g/mol. The van der Waals surface area contributed by atoms with E-state index in [4.69, 9.17) is 15.3 Å². The first kappa shape index (κ1) is 15.4. The third-order valence-corrected chi connectivity index (χ3v) is 2.37. The molecule has 17 heavy (non-hydrogen) atoms. The van der Waals surface area contributed by atoms with Crippen molar-refractivity contribution in [1.82, 2.24) is 4.98 Å². The van der Waals surface area contributed by atoms with Gasteiger partial charge < -0.3 is 15.3 Å². The fourth-order valence-electron chi connectivity index (χ4n) is 1.53. The van der Waals surface area contributed by atoms with Gasteiger partial charge in [-0.3, -0.25) is 4.98 Å². The van der Waals surface area contributed by atoms with Crippen LogP contribution < -0.4 is 4.57 Å². The van der Waals surface area contributed by atoms with E-state index < -0.39 is 5.09 Å². The summed E-state index contributed by atoms with van der Waals surface area (Å²) >= 11 is 0. The molecule has 0 aliphatic heterocycles. The predicted octanol–water partition coefficient (Wildman–Crippen LogP) is 2.42. The summed E-state index contributed by atoms with van der Waals surface area (Å²) in [7, 11) is 0. The highest BCUT2D eigenvalue weighted by Crippen LogP contribution is 2.04. The molecule has 0 radical (unpaired) electrons. The van der Waals surface area contributed by atoms with Gasteiger partial charge in [0, 0.05) is 0 Å². The summed E-state index contributed by atoms with van der Waals surface area (Å²) in [5.41, 5.74) is 0. The molecule has 0 saturated carbocycles. The molecule has 0 unspecified atom stereocenters. The van der Waals surface area contributed by atoms with Gasteiger partial charge in [-0.05, 0) is 12.8 Å². The number of hydrogen-bond donors (Lipinski definition) is 1. The van der Waals surface area contributed by atoms with Crippen LogP contribution in [0.15, 0.2) is 18.7 Å². The zero-order valence-corrected chi connectivity index (χ0v) is 10.3.